The first-order chi connectivity index (χ1) is 17.5. The summed E-state index contributed by atoms with van der Waals surface area (Å²) in [6.45, 7) is 12.4. The average Bonchev–Trinajstić information content (AvgIpc) is 3.38. The van der Waals surface area contributed by atoms with Gasteiger partial charge in [0.2, 0.25) is 5.78 Å². The number of piperazine rings is 1. The van der Waals surface area contributed by atoms with E-state index in [1.807, 2.05) is 60.0 Å². The Morgan fingerprint density at radius 1 is 0.889 bits per heavy atom. The maximum absolute atomic E-state index is 13.4. The van der Waals surface area contributed by atoms with Crippen molar-refractivity contribution in [1.82, 2.24) is 19.8 Å². The standard InChI is InChI=1S/C28H26N4O2.C2H6/c1-19-8-10-21(11-9-19)23-12-13-29-26-24(18-30-25(23)26)27(33)20(2)31-14-16-32(17-15-31)28(34)22-6-4-3-5-7-22;1-2/h3-13,18,30H,2,14-17H2,1H3;1-2H3. The van der Waals surface area contributed by atoms with Crippen LogP contribution in [0.25, 0.3) is 22.2 Å². The van der Waals surface area contributed by atoms with Gasteiger partial charge in [0, 0.05) is 49.7 Å². The third-order valence-electron chi connectivity index (χ3n) is 6.41. The van der Waals surface area contributed by atoms with Gasteiger partial charge in [-0.2, -0.15) is 0 Å². The van der Waals surface area contributed by atoms with Crippen LogP contribution < -0.4 is 0 Å². The lowest BCUT2D eigenvalue weighted by Crippen LogP contribution is -2.48. The molecule has 0 aliphatic carbocycles. The number of hydrogen-bond donors (Lipinski definition) is 1. The van der Waals surface area contributed by atoms with Gasteiger partial charge in [-0.3, -0.25) is 14.6 Å². The third kappa shape index (κ3) is 4.93. The van der Waals surface area contributed by atoms with E-state index in [2.05, 4.69) is 47.7 Å². The molecule has 2 aromatic heterocycles. The number of fused-ring (bicyclic) bond motifs is 1. The second kappa shape index (κ2) is 11.0. The Morgan fingerprint density at radius 2 is 1.53 bits per heavy atom. The molecule has 4 aromatic rings. The van der Waals surface area contributed by atoms with E-state index in [0.717, 1.165) is 16.6 Å². The first-order valence-corrected chi connectivity index (χ1v) is 12.4. The number of aryl methyl sites for hydroxylation is 1. The van der Waals surface area contributed by atoms with E-state index in [1.165, 1.54) is 5.56 Å². The summed E-state index contributed by atoms with van der Waals surface area (Å²) in [5, 5.41) is 0. The van der Waals surface area contributed by atoms with Crippen LogP contribution in [0.4, 0.5) is 0 Å². The summed E-state index contributed by atoms with van der Waals surface area (Å²) in [6, 6.07) is 19.5. The SMILES string of the molecule is C=C(C(=O)c1c[nH]c2c(-c3ccc(C)cc3)ccnc12)N1CCN(C(=O)c2ccccc2)CC1.CC. The molecule has 0 radical (unpaired) electrons. The smallest absolute Gasteiger partial charge is 0.253 e. The topological polar surface area (TPSA) is 69.3 Å². The lowest BCUT2D eigenvalue weighted by molar-refractivity contribution is 0.0662. The highest BCUT2D eigenvalue weighted by molar-refractivity contribution is 6.16. The second-order valence-corrected chi connectivity index (χ2v) is 8.57. The van der Waals surface area contributed by atoms with Crippen molar-refractivity contribution in [2.75, 3.05) is 26.2 Å². The van der Waals surface area contributed by atoms with E-state index in [0.29, 0.717) is 48.5 Å². The number of Topliss-reactive ketones (excluding diaryl/α,β-unsaturated/α-hetero) is 1. The second-order valence-electron chi connectivity index (χ2n) is 8.57. The molecule has 6 heteroatoms. The van der Waals surface area contributed by atoms with Gasteiger partial charge in [-0.1, -0.05) is 68.5 Å². The zero-order chi connectivity index (χ0) is 25.7. The number of amides is 1. The number of carbonyl (C=O) groups excluding carboxylic acids is 2. The molecule has 36 heavy (non-hydrogen) atoms. The van der Waals surface area contributed by atoms with Crippen LogP contribution >= 0.6 is 0 Å². The van der Waals surface area contributed by atoms with Crippen molar-refractivity contribution in [2.45, 2.75) is 20.8 Å². The van der Waals surface area contributed by atoms with Crippen LogP contribution in [0, 0.1) is 6.92 Å². The average molecular weight is 481 g/mol. The molecule has 6 nitrogen and oxygen atoms in total. The number of H-pyrrole nitrogens is 1. The summed E-state index contributed by atoms with van der Waals surface area (Å²) in [4.78, 5) is 37.6. The number of benzene rings is 2. The summed E-state index contributed by atoms with van der Waals surface area (Å²) >= 11 is 0. The van der Waals surface area contributed by atoms with Crippen molar-refractivity contribution in [3.05, 3.63) is 102 Å². The monoisotopic (exact) mass is 480 g/mol. The van der Waals surface area contributed by atoms with Crippen molar-refractivity contribution in [3.8, 4) is 11.1 Å². The summed E-state index contributed by atoms with van der Waals surface area (Å²) < 4.78 is 0. The normalized spacial score (nSPS) is 13.2. The lowest BCUT2D eigenvalue weighted by atomic mass is 10.0. The number of allylic oxidation sites excluding steroid dienone is 1. The molecule has 3 heterocycles. The number of aromatic nitrogens is 2. The van der Waals surface area contributed by atoms with Gasteiger partial charge in [-0.05, 0) is 30.7 Å². The predicted molar refractivity (Wildman–Crippen MR) is 145 cm³/mol. The van der Waals surface area contributed by atoms with Crippen molar-refractivity contribution in [3.63, 3.8) is 0 Å². The van der Waals surface area contributed by atoms with Crippen LogP contribution in [0.5, 0.6) is 0 Å². The fourth-order valence-electron chi connectivity index (χ4n) is 4.41. The predicted octanol–water partition coefficient (Wildman–Crippen LogP) is 5.72. The summed E-state index contributed by atoms with van der Waals surface area (Å²) in [7, 11) is 0. The number of rotatable bonds is 5. The number of pyridine rings is 1. The highest BCUT2D eigenvalue weighted by Gasteiger charge is 2.27. The van der Waals surface area contributed by atoms with Crippen molar-refractivity contribution < 1.29 is 9.59 Å². The Morgan fingerprint density at radius 3 is 2.19 bits per heavy atom. The molecular weight excluding hydrogens is 448 g/mol. The molecule has 1 aliphatic heterocycles. The van der Waals surface area contributed by atoms with Gasteiger partial charge in [0.1, 0.15) is 0 Å². The first kappa shape index (κ1) is 24.9. The molecule has 1 amide bonds. The summed E-state index contributed by atoms with van der Waals surface area (Å²) in [5.41, 5.74) is 6.35. The molecule has 0 unspecified atom stereocenters. The number of carbonyl (C=O) groups is 2. The highest BCUT2D eigenvalue weighted by Crippen LogP contribution is 2.30. The molecule has 5 rings (SSSR count). The quantitative estimate of drug-likeness (QED) is 0.293. The molecule has 0 spiro atoms. The Kier molecular flexibility index (Phi) is 7.64. The number of ketones is 1. The zero-order valence-electron chi connectivity index (χ0n) is 21.1. The Labute approximate surface area is 212 Å². The minimum Gasteiger partial charge on any atom is -0.365 e. The highest BCUT2D eigenvalue weighted by atomic mass is 16.2. The molecule has 184 valence electrons. The molecule has 0 saturated carbocycles. The Hall–Kier alpha value is -4.19. The maximum Gasteiger partial charge on any atom is 0.253 e. The molecule has 1 aliphatic rings. The van der Waals surface area contributed by atoms with Gasteiger partial charge in [0.05, 0.1) is 22.3 Å². The first-order valence-electron chi connectivity index (χ1n) is 12.4. The molecule has 0 bridgehead atoms. The van der Waals surface area contributed by atoms with Crippen molar-refractivity contribution >= 4 is 22.7 Å². The van der Waals surface area contributed by atoms with Gasteiger partial charge in [-0.15, -0.1) is 0 Å². The van der Waals surface area contributed by atoms with Crippen LogP contribution in [0.1, 0.15) is 40.1 Å². The summed E-state index contributed by atoms with van der Waals surface area (Å²) in [5.74, 6) is -0.135. The number of aromatic amines is 1. The molecule has 1 saturated heterocycles. The largest absolute Gasteiger partial charge is 0.365 e. The van der Waals surface area contributed by atoms with Crippen LogP contribution in [-0.4, -0.2) is 57.6 Å². The Bertz CT molecular complexity index is 1370. The van der Waals surface area contributed by atoms with Gasteiger partial charge >= 0.3 is 0 Å². The van der Waals surface area contributed by atoms with Gasteiger partial charge in [0.15, 0.2) is 0 Å². The summed E-state index contributed by atoms with van der Waals surface area (Å²) in [6.07, 6.45) is 3.46. The van der Waals surface area contributed by atoms with Crippen molar-refractivity contribution in [1.29, 1.82) is 0 Å². The lowest BCUT2D eigenvalue weighted by Gasteiger charge is -2.36. The number of hydrogen-bond acceptors (Lipinski definition) is 4. The van der Waals surface area contributed by atoms with E-state index in [-0.39, 0.29) is 11.7 Å². The number of nitrogens with zero attached hydrogens (tertiary/aromatic N) is 3. The van der Waals surface area contributed by atoms with E-state index >= 15 is 0 Å². The van der Waals surface area contributed by atoms with E-state index in [1.54, 1.807) is 12.4 Å². The van der Waals surface area contributed by atoms with Crippen LogP contribution in [-0.2, 0) is 0 Å². The van der Waals surface area contributed by atoms with Crippen LogP contribution in [0.3, 0.4) is 0 Å². The minimum absolute atomic E-state index is 0.0154. The van der Waals surface area contributed by atoms with Crippen LogP contribution in [0.15, 0.2) is 85.3 Å². The van der Waals surface area contributed by atoms with Gasteiger partial charge in [-0.25, -0.2) is 0 Å². The van der Waals surface area contributed by atoms with E-state index < -0.39 is 0 Å². The molecule has 0 atom stereocenters. The molecular formula is C30H32N4O2. The molecule has 1 N–H and O–H groups in total. The van der Waals surface area contributed by atoms with E-state index in [4.69, 9.17) is 0 Å². The van der Waals surface area contributed by atoms with Gasteiger partial charge in [0.25, 0.3) is 5.91 Å². The number of nitrogens with one attached hydrogen (secondary N) is 1. The molecule has 1 fully saturated rings. The Balaban J connectivity index is 0.00000148. The van der Waals surface area contributed by atoms with Crippen LogP contribution in [0.2, 0.25) is 0 Å². The maximum atomic E-state index is 13.4. The zero-order valence-corrected chi connectivity index (χ0v) is 21.1. The fraction of sp³-hybridized carbons (Fsp3) is 0.233. The van der Waals surface area contributed by atoms with E-state index in [9.17, 15) is 9.59 Å². The molecule has 2 aromatic carbocycles. The fourth-order valence-corrected chi connectivity index (χ4v) is 4.41. The van der Waals surface area contributed by atoms with Crippen molar-refractivity contribution in [2.24, 2.45) is 0 Å². The third-order valence-corrected chi connectivity index (χ3v) is 6.41. The van der Waals surface area contributed by atoms with Gasteiger partial charge < -0.3 is 14.8 Å². The minimum atomic E-state index is -0.150.